The smallest absolute Gasteiger partial charge is 0.266 e. The molecule has 0 saturated carbocycles. The fourth-order valence-corrected chi connectivity index (χ4v) is 6.44. The van der Waals surface area contributed by atoms with Gasteiger partial charge in [-0.15, -0.1) is 0 Å². The lowest BCUT2D eigenvalue weighted by atomic mass is 9.81. The van der Waals surface area contributed by atoms with E-state index in [1.54, 1.807) is 36.0 Å². The summed E-state index contributed by atoms with van der Waals surface area (Å²) in [5, 5.41) is 12.9. The van der Waals surface area contributed by atoms with Gasteiger partial charge in [-0.2, -0.15) is 11.8 Å². The van der Waals surface area contributed by atoms with Crippen LogP contribution in [0.4, 0.5) is 4.39 Å². The van der Waals surface area contributed by atoms with E-state index in [9.17, 15) is 9.18 Å². The molecule has 49 heavy (non-hydrogen) atoms. The number of hydrogen-bond acceptors (Lipinski definition) is 8. The molecule has 1 aliphatic heterocycles. The molecule has 0 bridgehead atoms. The van der Waals surface area contributed by atoms with Gasteiger partial charge in [0.15, 0.2) is 11.6 Å². The van der Waals surface area contributed by atoms with Crippen molar-refractivity contribution in [3.8, 4) is 5.75 Å². The van der Waals surface area contributed by atoms with Gasteiger partial charge in [0.1, 0.15) is 11.6 Å². The number of hydrogen-bond donors (Lipinski definition) is 3. The number of thioether (sulfide) groups is 1. The molecule has 0 unspecified atom stereocenters. The molecule has 13 heteroatoms. The van der Waals surface area contributed by atoms with Crippen molar-refractivity contribution in [2.45, 2.75) is 36.8 Å². The number of azide groups is 1. The molecule has 10 nitrogen and oxygen atoms in total. The molecule has 1 heterocycles. The summed E-state index contributed by atoms with van der Waals surface area (Å²) in [6.45, 7) is 0.962. The Morgan fingerprint density at radius 1 is 1.06 bits per heavy atom. The van der Waals surface area contributed by atoms with Gasteiger partial charge in [-0.3, -0.25) is 10.2 Å². The molecule has 3 N–H and O–H groups in total. The fourth-order valence-electron chi connectivity index (χ4n) is 5.36. The number of halogens is 2. The third-order valence-electron chi connectivity index (χ3n) is 7.81. The summed E-state index contributed by atoms with van der Waals surface area (Å²) in [4.78, 5) is 22.5. The summed E-state index contributed by atoms with van der Waals surface area (Å²) in [5.74, 6) is 1.66. The molecule has 4 aromatic rings. The minimum absolute atomic E-state index is 0.0392. The number of nitrogens with zero attached hydrogens (tertiary/aromatic N) is 4. The van der Waals surface area contributed by atoms with Gasteiger partial charge in [-0.25, -0.2) is 14.8 Å². The molecule has 0 fully saturated rings. The van der Waals surface area contributed by atoms with Crippen LogP contribution in [0.25, 0.3) is 10.4 Å². The van der Waals surface area contributed by atoms with Crippen molar-refractivity contribution in [3.05, 3.63) is 146 Å². The highest BCUT2D eigenvalue weighted by atomic mass is 79.9. The number of carbonyl (C=O) groups is 1. The van der Waals surface area contributed by atoms with Gasteiger partial charge in [-0.1, -0.05) is 69.6 Å². The van der Waals surface area contributed by atoms with Crippen molar-refractivity contribution in [2.24, 2.45) is 10.1 Å². The number of nitrogens with one attached hydrogen (secondary N) is 2. The van der Waals surface area contributed by atoms with Crippen LogP contribution < -0.4 is 15.6 Å². The van der Waals surface area contributed by atoms with Crippen molar-refractivity contribution >= 4 is 39.5 Å². The van der Waals surface area contributed by atoms with Crippen LogP contribution in [0.5, 0.6) is 5.75 Å². The molecule has 0 aliphatic carbocycles. The van der Waals surface area contributed by atoms with Crippen LogP contribution >= 0.6 is 27.7 Å². The van der Waals surface area contributed by atoms with Gasteiger partial charge in [0.2, 0.25) is 5.90 Å². The molecule has 5 rings (SSSR count). The largest absolute Gasteiger partial charge is 0.494 e. The molecule has 2 atom stereocenters. The van der Waals surface area contributed by atoms with E-state index in [0.717, 1.165) is 15.6 Å². The number of aliphatic hydroxyl groups excluding tert-OH is 1. The monoisotopic (exact) mass is 746 g/mol. The number of hydrazine groups is 1. The molecule has 0 saturated heterocycles. The Hall–Kier alpha value is -4.39. The zero-order chi connectivity index (χ0) is 34.5. The Morgan fingerprint density at radius 2 is 1.80 bits per heavy atom. The average molecular weight is 748 g/mol. The van der Waals surface area contributed by atoms with Gasteiger partial charge < -0.3 is 14.6 Å². The Bertz CT molecular complexity index is 1770. The standard InChI is InChI=1S/C36H36BrFN6O4S/c37-29-12-6-25(7-13-29)22-36(35(46)43-40-18-21-49-24-26-8-14-30(38)15-9-26)33(32-5-2-1-4-28(32)23-41-44-39)48-34(42-36)27-10-16-31(17-11-27)47-20-3-19-45/h1-2,4-17,33,40,45H,3,18-24H2,(H,43,46)/t33-,36-/m0/s1. The van der Waals surface area contributed by atoms with E-state index in [4.69, 9.17) is 25.1 Å². The Balaban J connectivity index is 1.45. The molecule has 1 amide bonds. The first kappa shape index (κ1) is 35.9. The van der Waals surface area contributed by atoms with Crippen molar-refractivity contribution in [3.63, 3.8) is 0 Å². The second-order valence-electron chi connectivity index (χ2n) is 11.2. The van der Waals surface area contributed by atoms with Crippen LogP contribution in [0, 0.1) is 5.82 Å². The first-order valence-corrected chi connectivity index (χ1v) is 17.7. The highest BCUT2D eigenvalue weighted by Gasteiger charge is 2.53. The number of amides is 1. The normalized spacial score (nSPS) is 16.7. The van der Waals surface area contributed by atoms with E-state index >= 15 is 0 Å². The van der Waals surface area contributed by atoms with Crippen LogP contribution in [-0.4, -0.2) is 48.0 Å². The van der Waals surface area contributed by atoms with Crippen LogP contribution in [-0.2, 0) is 28.2 Å². The maximum absolute atomic E-state index is 14.5. The summed E-state index contributed by atoms with van der Waals surface area (Å²) in [6.07, 6.45) is -0.144. The predicted molar refractivity (Wildman–Crippen MR) is 193 cm³/mol. The van der Waals surface area contributed by atoms with E-state index in [-0.39, 0.29) is 37.2 Å². The lowest BCUT2D eigenvalue weighted by Gasteiger charge is -2.32. The van der Waals surface area contributed by atoms with Gasteiger partial charge in [0, 0.05) is 52.4 Å². The fraction of sp³-hybridized carbons (Fsp3) is 0.278. The summed E-state index contributed by atoms with van der Waals surface area (Å²) in [7, 11) is 0. The molecule has 0 aromatic heterocycles. The van der Waals surface area contributed by atoms with Crippen LogP contribution in [0.1, 0.15) is 40.3 Å². The van der Waals surface area contributed by atoms with Gasteiger partial charge in [0.05, 0.1) is 13.2 Å². The maximum Gasteiger partial charge on any atom is 0.266 e. The molecular formula is C36H36BrFN6O4S. The van der Waals surface area contributed by atoms with E-state index < -0.39 is 11.6 Å². The highest BCUT2D eigenvalue weighted by Crippen LogP contribution is 2.44. The van der Waals surface area contributed by atoms with E-state index in [1.165, 1.54) is 12.1 Å². The maximum atomic E-state index is 14.5. The van der Waals surface area contributed by atoms with Crippen LogP contribution in [0.2, 0.25) is 0 Å². The third-order valence-corrected chi connectivity index (χ3v) is 9.37. The van der Waals surface area contributed by atoms with Crippen molar-refractivity contribution in [1.29, 1.82) is 0 Å². The molecule has 1 aliphatic rings. The number of ether oxygens (including phenoxy) is 2. The summed E-state index contributed by atoms with van der Waals surface area (Å²) < 4.78 is 26.5. The SMILES string of the molecule is [N-]=[N+]=NCc1ccccc1[C@@H]1OC(c2ccc(OCCCO)cc2)=N[C@]1(Cc1ccc(Br)cc1)C(=O)NNCCSCc1ccc(F)cc1. The highest BCUT2D eigenvalue weighted by molar-refractivity contribution is 9.10. The second kappa shape index (κ2) is 17.8. The van der Waals surface area contributed by atoms with Gasteiger partial charge >= 0.3 is 0 Å². The predicted octanol–water partition coefficient (Wildman–Crippen LogP) is 7.21. The molecule has 254 valence electrons. The number of carbonyl (C=O) groups excluding carboxylic acids is 1. The molecule has 0 spiro atoms. The zero-order valence-corrected chi connectivity index (χ0v) is 29.0. The molecular weight excluding hydrogens is 711 g/mol. The van der Waals surface area contributed by atoms with Gasteiger partial charge in [-0.05, 0) is 76.3 Å². The molecule has 0 radical (unpaired) electrons. The quantitative estimate of drug-likeness (QED) is 0.0343. The topological polar surface area (TPSA) is 141 Å². The second-order valence-corrected chi connectivity index (χ2v) is 13.3. The molecule has 4 aromatic carbocycles. The Morgan fingerprint density at radius 3 is 2.53 bits per heavy atom. The summed E-state index contributed by atoms with van der Waals surface area (Å²) in [5.41, 5.74) is 17.5. The van der Waals surface area contributed by atoms with Crippen molar-refractivity contribution in [2.75, 3.05) is 25.5 Å². The van der Waals surface area contributed by atoms with Crippen molar-refractivity contribution < 1.29 is 23.8 Å². The lowest BCUT2D eigenvalue weighted by Crippen LogP contribution is -2.54. The minimum Gasteiger partial charge on any atom is -0.494 e. The third kappa shape index (κ3) is 9.62. The number of aliphatic hydroxyl groups is 1. The Kier molecular flexibility index (Phi) is 13.1. The first-order chi connectivity index (χ1) is 23.9. The number of rotatable bonds is 17. The lowest BCUT2D eigenvalue weighted by molar-refractivity contribution is -0.130. The minimum atomic E-state index is -1.46. The van der Waals surface area contributed by atoms with Crippen LogP contribution in [0.15, 0.2) is 112 Å². The number of aliphatic imine (C=N–C) groups is 1. The number of benzene rings is 4. The van der Waals surface area contributed by atoms with E-state index in [0.29, 0.717) is 53.5 Å². The van der Waals surface area contributed by atoms with Crippen LogP contribution in [0.3, 0.4) is 0 Å². The van der Waals surface area contributed by atoms with Crippen molar-refractivity contribution in [1.82, 2.24) is 10.9 Å². The van der Waals surface area contributed by atoms with E-state index in [1.807, 2.05) is 60.7 Å². The first-order valence-electron chi connectivity index (χ1n) is 15.7. The Labute approximate surface area is 296 Å². The van der Waals surface area contributed by atoms with Gasteiger partial charge in [0.25, 0.3) is 5.91 Å². The zero-order valence-electron chi connectivity index (χ0n) is 26.6. The summed E-state index contributed by atoms with van der Waals surface area (Å²) >= 11 is 5.15. The van der Waals surface area contributed by atoms with E-state index in [2.05, 4.69) is 36.8 Å². The summed E-state index contributed by atoms with van der Waals surface area (Å²) in [6, 6.07) is 28.8. The average Bonchev–Trinajstić information content (AvgIpc) is 3.51.